The smallest absolute Gasteiger partial charge is 0.344 e. The topological polar surface area (TPSA) is 72.3 Å². The lowest BCUT2D eigenvalue weighted by molar-refractivity contribution is 0.0691. The Bertz CT molecular complexity index is 372. The fourth-order valence-electron chi connectivity index (χ4n) is 0.815. The molecule has 1 aromatic heterocycles. The molecule has 1 aromatic rings. The van der Waals surface area contributed by atoms with Gasteiger partial charge in [-0.25, -0.2) is 9.78 Å². The Hall–Kier alpha value is -1.01. The standard InChI is InChI=1S/C7H7ClN2O3S/c1-13-5-3(6(11)12)4(8)9-7(10-5)14-2/h1-2H3,(H,11,12). The number of carboxylic acids is 1. The van der Waals surface area contributed by atoms with Crippen molar-refractivity contribution in [1.29, 1.82) is 0 Å². The molecular weight excluding hydrogens is 228 g/mol. The number of carboxylic acid groups (broad SMARTS) is 1. The Labute approximate surface area is 89.5 Å². The van der Waals surface area contributed by atoms with Gasteiger partial charge in [-0.05, 0) is 6.26 Å². The molecule has 5 nitrogen and oxygen atoms in total. The molecule has 0 atom stereocenters. The van der Waals surface area contributed by atoms with Gasteiger partial charge in [-0.3, -0.25) is 0 Å². The summed E-state index contributed by atoms with van der Waals surface area (Å²) >= 11 is 6.92. The Morgan fingerprint density at radius 1 is 1.57 bits per heavy atom. The number of hydrogen-bond acceptors (Lipinski definition) is 5. The molecule has 0 aliphatic rings. The third-order valence-corrected chi connectivity index (χ3v) is 2.22. The maximum atomic E-state index is 10.7. The van der Waals surface area contributed by atoms with E-state index in [1.807, 2.05) is 0 Å². The lowest BCUT2D eigenvalue weighted by Crippen LogP contribution is -2.06. The molecule has 7 heteroatoms. The monoisotopic (exact) mass is 234 g/mol. The van der Waals surface area contributed by atoms with E-state index in [0.717, 1.165) is 0 Å². The summed E-state index contributed by atoms with van der Waals surface area (Å²) in [4.78, 5) is 18.4. The second-order valence-electron chi connectivity index (χ2n) is 2.19. The van der Waals surface area contributed by atoms with Crippen LogP contribution in [0.15, 0.2) is 5.16 Å². The van der Waals surface area contributed by atoms with Crippen LogP contribution in [0, 0.1) is 0 Å². The van der Waals surface area contributed by atoms with E-state index in [4.69, 9.17) is 21.4 Å². The van der Waals surface area contributed by atoms with Gasteiger partial charge in [0.1, 0.15) is 0 Å². The summed E-state index contributed by atoms with van der Waals surface area (Å²) in [6.07, 6.45) is 1.76. The van der Waals surface area contributed by atoms with E-state index < -0.39 is 5.97 Å². The number of aromatic carboxylic acids is 1. The molecule has 1 heterocycles. The maximum Gasteiger partial charge on any atom is 0.344 e. The van der Waals surface area contributed by atoms with Crippen molar-refractivity contribution < 1.29 is 14.6 Å². The van der Waals surface area contributed by atoms with Crippen molar-refractivity contribution in [3.63, 3.8) is 0 Å². The minimum Gasteiger partial charge on any atom is -0.480 e. The Morgan fingerprint density at radius 3 is 2.64 bits per heavy atom. The second-order valence-corrected chi connectivity index (χ2v) is 3.32. The summed E-state index contributed by atoms with van der Waals surface area (Å²) < 4.78 is 4.80. The number of hydrogen-bond donors (Lipinski definition) is 1. The van der Waals surface area contributed by atoms with Crippen LogP contribution in [0.2, 0.25) is 5.15 Å². The first-order valence-corrected chi connectivity index (χ1v) is 5.09. The van der Waals surface area contributed by atoms with Gasteiger partial charge in [0, 0.05) is 0 Å². The van der Waals surface area contributed by atoms with E-state index >= 15 is 0 Å². The van der Waals surface area contributed by atoms with Gasteiger partial charge in [0.2, 0.25) is 5.88 Å². The van der Waals surface area contributed by atoms with E-state index in [1.165, 1.54) is 18.9 Å². The molecule has 1 N–H and O–H groups in total. The number of halogens is 1. The number of aromatic nitrogens is 2. The van der Waals surface area contributed by atoms with E-state index in [0.29, 0.717) is 5.16 Å². The molecule has 76 valence electrons. The van der Waals surface area contributed by atoms with E-state index in [1.54, 1.807) is 6.26 Å². The molecule has 0 fully saturated rings. The number of thioether (sulfide) groups is 1. The van der Waals surface area contributed by atoms with Gasteiger partial charge < -0.3 is 9.84 Å². The Kier molecular flexibility index (Phi) is 3.54. The zero-order valence-electron chi connectivity index (χ0n) is 7.44. The SMILES string of the molecule is COc1nc(SC)nc(Cl)c1C(=O)O. The predicted molar refractivity (Wildman–Crippen MR) is 52.3 cm³/mol. The minimum atomic E-state index is -1.21. The number of methoxy groups -OCH3 is 1. The quantitative estimate of drug-likeness (QED) is 0.486. The highest BCUT2D eigenvalue weighted by Gasteiger charge is 2.19. The average Bonchev–Trinajstić information content (AvgIpc) is 2.15. The average molecular weight is 235 g/mol. The first-order chi connectivity index (χ1) is 6.60. The highest BCUT2D eigenvalue weighted by molar-refractivity contribution is 7.98. The largest absolute Gasteiger partial charge is 0.480 e. The molecule has 0 saturated heterocycles. The summed E-state index contributed by atoms with van der Waals surface area (Å²) in [5.41, 5.74) is -0.216. The van der Waals surface area contributed by atoms with Crippen molar-refractivity contribution in [1.82, 2.24) is 9.97 Å². The summed E-state index contributed by atoms with van der Waals surface area (Å²) in [6, 6.07) is 0. The van der Waals surface area contributed by atoms with Crippen molar-refractivity contribution in [2.45, 2.75) is 5.16 Å². The highest BCUT2D eigenvalue weighted by atomic mass is 35.5. The Morgan fingerprint density at radius 2 is 2.21 bits per heavy atom. The molecular formula is C7H7ClN2O3S. The molecule has 0 aromatic carbocycles. The van der Waals surface area contributed by atoms with Crippen molar-refractivity contribution in [2.24, 2.45) is 0 Å². The van der Waals surface area contributed by atoms with E-state index in [-0.39, 0.29) is 16.6 Å². The third-order valence-electron chi connectivity index (χ3n) is 1.40. The van der Waals surface area contributed by atoms with E-state index in [9.17, 15) is 4.79 Å². The summed E-state index contributed by atoms with van der Waals surface area (Å²) in [5.74, 6) is -1.23. The fourth-order valence-corrected chi connectivity index (χ4v) is 1.46. The van der Waals surface area contributed by atoms with Crippen molar-refractivity contribution in [3.05, 3.63) is 10.7 Å². The molecule has 0 aliphatic heterocycles. The summed E-state index contributed by atoms with van der Waals surface area (Å²) in [5, 5.41) is 9.05. The summed E-state index contributed by atoms with van der Waals surface area (Å²) in [7, 11) is 1.33. The predicted octanol–water partition coefficient (Wildman–Crippen LogP) is 1.56. The molecule has 1 rings (SSSR count). The molecule has 14 heavy (non-hydrogen) atoms. The first kappa shape index (κ1) is 11.1. The van der Waals surface area contributed by atoms with Crippen LogP contribution in [0.4, 0.5) is 0 Å². The van der Waals surface area contributed by atoms with E-state index in [2.05, 4.69) is 9.97 Å². The lowest BCUT2D eigenvalue weighted by Gasteiger charge is -2.05. The van der Waals surface area contributed by atoms with Gasteiger partial charge in [0.05, 0.1) is 7.11 Å². The molecule has 0 saturated carbocycles. The van der Waals surface area contributed by atoms with Crippen LogP contribution < -0.4 is 4.74 Å². The van der Waals surface area contributed by atoms with Crippen LogP contribution in [0.25, 0.3) is 0 Å². The van der Waals surface area contributed by atoms with Crippen LogP contribution in [0.5, 0.6) is 5.88 Å². The molecule has 0 amide bonds. The van der Waals surface area contributed by atoms with Crippen molar-refractivity contribution in [3.8, 4) is 5.88 Å². The fraction of sp³-hybridized carbons (Fsp3) is 0.286. The van der Waals surface area contributed by atoms with Crippen LogP contribution in [-0.2, 0) is 0 Å². The number of rotatable bonds is 3. The molecule has 0 bridgehead atoms. The van der Waals surface area contributed by atoms with Crippen LogP contribution in [0.1, 0.15) is 10.4 Å². The first-order valence-electron chi connectivity index (χ1n) is 3.49. The van der Waals surface area contributed by atoms with Crippen molar-refractivity contribution in [2.75, 3.05) is 13.4 Å². The molecule has 0 spiro atoms. The van der Waals surface area contributed by atoms with Gasteiger partial charge >= 0.3 is 5.97 Å². The van der Waals surface area contributed by atoms with Crippen LogP contribution in [0.3, 0.4) is 0 Å². The van der Waals surface area contributed by atoms with Gasteiger partial charge in [0.25, 0.3) is 0 Å². The zero-order valence-corrected chi connectivity index (χ0v) is 9.02. The number of carbonyl (C=O) groups is 1. The normalized spacial score (nSPS) is 9.93. The van der Waals surface area contributed by atoms with Gasteiger partial charge in [-0.15, -0.1) is 0 Å². The van der Waals surface area contributed by atoms with Crippen molar-refractivity contribution >= 4 is 29.3 Å². The highest BCUT2D eigenvalue weighted by Crippen LogP contribution is 2.25. The van der Waals surface area contributed by atoms with Gasteiger partial charge in [0.15, 0.2) is 15.9 Å². The third kappa shape index (κ3) is 2.08. The van der Waals surface area contributed by atoms with Crippen LogP contribution in [-0.4, -0.2) is 34.4 Å². The minimum absolute atomic E-state index is 0.0261. The van der Waals surface area contributed by atoms with Gasteiger partial charge in [-0.1, -0.05) is 23.4 Å². The summed E-state index contributed by atoms with van der Waals surface area (Å²) in [6.45, 7) is 0. The number of nitrogens with zero attached hydrogens (tertiary/aromatic N) is 2. The Balaban J connectivity index is 3.34. The van der Waals surface area contributed by atoms with Crippen LogP contribution >= 0.6 is 23.4 Å². The maximum absolute atomic E-state index is 10.7. The second kappa shape index (κ2) is 4.47. The zero-order chi connectivity index (χ0) is 10.7. The molecule has 0 aliphatic carbocycles. The molecule has 0 unspecified atom stereocenters. The van der Waals surface area contributed by atoms with Gasteiger partial charge in [-0.2, -0.15) is 4.98 Å². The molecule has 0 radical (unpaired) electrons. The lowest BCUT2D eigenvalue weighted by atomic mass is 10.3. The number of ether oxygens (including phenoxy) is 1.